The molecule has 2 N–H and O–H groups in total. The minimum Gasteiger partial charge on any atom is -0.397 e. The van der Waals surface area contributed by atoms with Crippen molar-refractivity contribution in [1.82, 2.24) is 0 Å². The third-order valence-electron chi connectivity index (χ3n) is 1.44. The van der Waals surface area contributed by atoms with Crippen LogP contribution in [0.25, 0.3) is 0 Å². The second kappa shape index (κ2) is 2.21. The first-order valence-corrected chi connectivity index (χ1v) is 3.10. The molecule has 0 saturated heterocycles. The summed E-state index contributed by atoms with van der Waals surface area (Å²) < 4.78 is 0. The summed E-state index contributed by atoms with van der Waals surface area (Å²) in [5.74, 6) is 0. The molecule has 1 rings (SSSR count). The van der Waals surface area contributed by atoms with E-state index < -0.39 is 0 Å². The lowest BCUT2D eigenvalue weighted by Crippen LogP contribution is -2.24. The number of nitrogens with two attached hydrogens (primary N) is 1. The minimum atomic E-state index is -0.233. The van der Waals surface area contributed by atoms with E-state index in [1.165, 1.54) is 0 Å². The van der Waals surface area contributed by atoms with Crippen molar-refractivity contribution < 1.29 is 4.87 Å². The largest absolute Gasteiger partial charge is 0.397 e. The summed E-state index contributed by atoms with van der Waals surface area (Å²) in [5.41, 5.74) is 6.68. The molecule has 0 radical (unpaired) electrons. The summed E-state index contributed by atoms with van der Waals surface area (Å²) in [5, 5.41) is 3.65. The first-order chi connectivity index (χ1) is 4.61. The second-order valence-corrected chi connectivity index (χ2v) is 2.35. The average molecular weight is 140 g/mol. The lowest BCUT2D eigenvalue weighted by molar-refractivity contribution is -0.578. The van der Waals surface area contributed by atoms with Gasteiger partial charge in [0.2, 0.25) is 0 Å². The zero-order valence-electron chi connectivity index (χ0n) is 6.03. The first-order valence-electron chi connectivity index (χ1n) is 3.10. The van der Waals surface area contributed by atoms with E-state index in [9.17, 15) is 4.91 Å². The van der Waals surface area contributed by atoms with Crippen molar-refractivity contribution in [2.45, 2.75) is 19.9 Å². The highest BCUT2D eigenvalue weighted by Crippen LogP contribution is 2.04. The van der Waals surface area contributed by atoms with Crippen LogP contribution in [0.2, 0.25) is 0 Å². The van der Waals surface area contributed by atoms with Crippen LogP contribution in [0.5, 0.6) is 0 Å². The van der Waals surface area contributed by atoms with Crippen LogP contribution in [0.3, 0.4) is 0 Å². The summed E-state index contributed by atoms with van der Waals surface area (Å²) in [6, 6.07) is -0.233. The maximum absolute atomic E-state index is 10.8. The van der Waals surface area contributed by atoms with Gasteiger partial charge in [0, 0.05) is 18.1 Å². The third-order valence-corrected chi connectivity index (χ3v) is 1.44. The SMILES string of the molecule is CC1=N[N+](=O)C(C)C=C1N. The molecule has 1 atom stereocenters. The maximum atomic E-state index is 10.8. The molecule has 0 aliphatic carbocycles. The molecule has 4 heteroatoms. The number of hydrogen-bond acceptors (Lipinski definition) is 2. The molecule has 0 spiro atoms. The summed E-state index contributed by atoms with van der Waals surface area (Å²) in [7, 11) is 0. The molecular weight excluding hydrogens is 130 g/mol. The molecule has 0 aromatic carbocycles. The van der Waals surface area contributed by atoms with Gasteiger partial charge in [0.1, 0.15) is 5.71 Å². The molecular formula is C6H10N3O+. The van der Waals surface area contributed by atoms with Crippen molar-refractivity contribution in [2.75, 3.05) is 0 Å². The Hall–Kier alpha value is -1.19. The molecule has 0 aromatic heterocycles. The van der Waals surface area contributed by atoms with E-state index in [4.69, 9.17) is 5.73 Å². The third kappa shape index (κ3) is 1.05. The van der Waals surface area contributed by atoms with E-state index in [0.29, 0.717) is 16.3 Å². The van der Waals surface area contributed by atoms with Gasteiger partial charge in [-0.2, -0.15) is 0 Å². The van der Waals surface area contributed by atoms with E-state index in [-0.39, 0.29) is 6.04 Å². The summed E-state index contributed by atoms with van der Waals surface area (Å²) in [6.45, 7) is 3.46. The van der Waals surface area contributed by atoms with Crippen molar-refractivity contribution in [2.24, 2.45) is 10.8 Å². The molecule has 4 nitrogen and oxygen atoms in total. The second-order valence-electron chi connectivity index (χ2n) is 2.35. The highest BCUT2D eigenvalue weighted by atomic mass is 16.3. The van der Waals surface area contributed by atoms with Crippen LogP contribution in [0.4, 0.5) is 0 Å². The summed E-state index contributed by atoms with van der Waals surface area (Å²) in [6.07, 6.45) is 1.69. The quantitative estimate of drug-likeness (QED) is 0.495. The average Bonchev–Trinajstić information content (AvgIpc) is 1.84. The van der Waals surface area contributed by atoms with Crippen LogP contribution in [-0.2, 0) is 0 Å². The van der Waals surface area contributed by atoms with Crippen molar-refractivity contribution in [3.8, 4) is 0 Å². The summed E-state index contributed by atoms with van der Waals surface area (Å²) >= 11 is 0. The van der Waals surface area contributed by atoms with E-state index in [2.05, 4.69) is 5.10 Å². The zero-order chi connectivity index (χ0) is 7.72. The van der Waals surface area contributed by atoms with Crippen LogP contribution in [0.15, 0.2) is 16.9 Å². The van der Waals surface area contributed by atoms with Gasteiger partial charge in [-0.05, 0) is 6.92 Å². The minimum absolute atomic E-state index is 0.233. The molecule has 1 heterocycles. The van der Waals surface area contributed by atoms with Crippen LogP contribution < -0.4 is 5.73 Å². The van der Waals surface area contributed by atoms with Gasteiger partial charge >= 0.3 is 0 Å². The monoisotopic (exact) mass is 140 g/mol. The van der Waals surface area contributed by atoms with Gasteiger partial charge in [0.15, 0.2) is 4.87 Å². The normalized spacial score (nSPS) is 25.8. The molecule has 0 amide bonds. The first kappa shape index (κ1) is 6.92. The van der Waals surface area contributed by atoms with Crippen LogP contribution >= 0.6 is 0 Å². The van der Waals surface area contributed by atoms with Crippen molar-refractivity contribution in [3.63, 3.8) is 0 Å². The Morgan fingerprint density at radius 1 is 1.80 bits per heavy atom. The summed E-state index contributed by atoms with van der Waals surface area (Å²) in [4.78, 5) is 11.4. The highest BCUT2D eigenvalue weighted by molar-refractivity contribution is 5.97. The van der Waals surface area contributed by atoms with E-state index >= 15 is 0 Å². The van der Waals surface area contributed by atoms with Crippen molar-refractivity contribution >= 4 is 5.71 Å². The molecule has 1 unspecified atom stereocenters. The number of nitroso groups, excluding NO2 is 1. The van der Waals surface area contributed by atoms with Gasteiger partial charge in [-0.15, -0.1) is 0 Å². The maximum Gasteiger partial charge on any atom is 0.255 e. The predicted octanol–water partition coefficient (Wildman–Crippen LogP) is 0.386. The fourth-order valence-electron chi connectivity index (χ4n) is 0.741. The predicted molar refractivity (Wildman–Crippen MR) is 38.5 cm³/mol. The molecule has 1 aliphatic rings. The molecule has 0 saturated carbocycles. The topological polar surface area (TPSA) is 58.5 Å². The molecule has 1 aliphatic heterocycles. The molecule has 0 fully saturated rings. The highest BCUT2D eigenvalue weighted by Gasteiger charge is 2.23. The number of hydrogen-bond donors (Lipinski definition) is 1. The Morgan fingerprint density at radius 3 is 2.90 bits per heavy atom. The van der Waals surface area contributed by atoms with Gasteiger partial charge < -0.3 is 5.73 Å². The van der Waals surface area contributed by atoms with Gasteiger partial charge in [0.05, 0.1) is 10.6 Å². The molecule has 54 valence electrons. The zero-order valence-corrected chi connectivity index (χ0v) is 6.03. The molecule has 0 bridgehead atoms. The lowest BCUT2D eigenvalue weighted by atomic mass is 10.2. The Labute approximate surface area is 59.0 Å². The van der Waals surface area contributed by atoms with Gasteiger partial charge in [-0.3, -0.25) is 0 Å². The number of allylic oxidation sites excluding steroid dienone is 1. The lowest BCUT2D eigenvalue weighted by Gasteiger charge is -2.02. The standard InChI is InChI=1S/C6H10N3O/c1-4-3-6(7)5(2)8-9(4)10/h3-4H,7H2,1-2H3/q+1. The van der Waals surface area contributed by atoms with E-state index in [1.807, 2.05) is 0 Å². The van der Waals surface area contributed by atoms with Crippen LogP contribution in [-0.4, -0.2) is 16.6 Å². The van der Waals surface area contributed by atoms with Gasteiger partial charge in [-0.25, -0.2) is 0 Å². The van der Waals surface area contributed by atoms with Crippen molar-refractivity contribution in [1.29, 1.82) is 0 Å². The van der Waals surface area contributed by atoms with Crippen LogP contribution in [0.1, 0.15) is 13.8 Å². The smallest absolute Gasteiger partial charge is 0.255 e. The fraction of sp³-hybridized carbons (Fsp3) is 0.500. The fourth-order valence-corrected chi connectivity index (χ4v) is 0.741. The molecule has 0 aromatic rings. The number of nitrogens with zero attached hydrogens (tertiary/aromatic N) is 2. The van der Waals surface area contributed by atoms with E-state index in [1.54, 1.807) is 19.9 Å². The van der Waals surface area contributed by atoms with E-state index in [0.717, 1.165) is 0 Å². The Kier molecular flexibility index (Phi) is 1.53. The Morgan fingerprint density at radius 2 is 2.40 bits per heavy atom. The van der Waals surface area contributed by atoms with Crippen LogP contribution in [0, 0.1) is 4.91 Å². The van der Waals surface area contributed by atoms with Crippen molar-refractivity contribution in [3.05, 3.63) is 16.7 Å². The number of hydrazone groups is 1. The van der Waals surface area contributed by atoms with Gasteiger partial charge in [-0.1, -0.05) is 0 Å². The number of rotatable bonds is 0. The Bertz CT molecular complexity index is 229. The Balaban J connectivity index is 2.94. The van der Waals surface area contributed by atoms with Gasteiger partial charge in [0.25, 0.3) is 6.04 Å². The molecule has 10 heavy (non-hydrogen) atoms.